The van der Waals surface area contributed by atoms with Crippen LogP contribution in [0.25, 0.3) is 0 Å². The number of amides is 1. The molecule has 1 N–H and O–H groups in total. The molecule has 0 saturated carbocycles. The van der Waals surface area contributed by atoms with Crippen LogP contribution in [0.1, 0.15) is 30.1 Å². The van der Waals surface area contributed by atoms with Gasteiger partial charge in [-0.2, -0.15) is 8.78 Å². The largest absolute Gasteiger partial charge is 0.350 e. The van der Waals surface area contributed by atoms with E-state index in [0.717, 1.165) is 25.2 Å². The van der Waals surface area contributed by atoms with E-state index < -0.39 is 20.5 Å². The lowest BCUT2D eigenvalue weighted by atomic mass is 10.2. The van der Waals surface area contributed by atoms with E-state index in [4.69, 9.17) is 0 Å². The second kappa shape index (κ2) is 7.35. The van der Waals surface area contributed by atoms with E-state index in [1.165, 1.54) is 25.0 Å². The van der Waals surface area contributed by atoms with Crippen LogP contribution >= 0.6 is 0 Å². The predicted octanol–water partition coefficient (Wildman–Crippen LogP) is 1.90. The van der Waals surface area contributed by atoms with Gasteiger partial charge >= 0.3 is 5.76 Å². The van der Waals surface area contributed by atoms with E-state index in [9.17, 15) is 22.0 Å². The monoisotopic (exact) mass is 346 g/mol. The lowest BCUT2D eigenvalue weighted by Gasteiger charge is -2.23. The molecule has 1 atom stereocenters. The normalized spacial score (nSPS) is 17.4. The zero-order valence-corrected chi connectivity index (χ0v) is 13.7. The average Bonchev–Trinajstić information content (AvgIpc) is 3.06. The van der Waals surface area contributed by atoms with Crippen LogP contribution < -0.4 is 5.32 Å². The van der Waals surface area contributed by atoms with Crippen LogP contribution in [0, 0.1) is 0 Å². The zero-order valence-electron chi connectivity index (χ0n) is 12.8. The first kappa shape index (κ1) is 17.8. The summed E-state index contributed by atoms with van der Waals surface area (Å²) in [7, 11) is -4.63. The highest BCUT2D eigenvalue weighted by Crippen LogP contribution is 2.18. The van der Waals surface area contributed by atoms with E-state index in [2.05, 4.69) is 10.2 Å². The van der Waals surface area contributed by atoms with Crippen LogP contribution in [-0.2, 0) is 9.84 Å². The fraction of sp³-hybridized carbons (Fsp3) is 0.533. The predicted molar refractivity (Wildman–Crippen MR) is 82.2 cm³/mol. The van der Waals surface area contributed by atoms with E-state index >= 15 is 0 Å². The molecule has 2 rings (SSSR count). The highest BCUT2D eigenvalue weighted by molar-refractivity contribution is 7.91. The van der Waals surface area contributed by atoms with Crippen molar-refractivity contribution in [2.75, 3.05) is 19.6 Å². The summed E-state index contributed by atoms with van der Waals surface area (Å²) in [4.78, 5) is 13.8. The van der Waals surface area contributed by atoms with E-state index in [1.807, 2.05) is 6.92 Å². The summed E-state index contributed by atoms with van der Waals surface area (Å²) in [5, 5.41) is 2.78. The number of hydrogen-bond donors (Lipinski definition) is 1. The van der Waals surface area contributed by atoms with Gasteiger partial charge in [0.25, 0.3) is 5.91 Å². The Bertz CT molecular complexity index is 641. The second-order valence-corrected chi connectivity index (χ2v) is 7.55. The lowest BCUT2D eigenvalue weighted by molar-refractivity contribution is 0.0940. The topological polar surface area (TPSA) is 66.5 Å². The van der Waals surface area contributed by atoms with Crippen molar-refractivity contribution < 1.29 is 22.0 Å². The minimum absolute atomic E-state index is 0.222. The van der Waals surface area contributed by atoms with Gasteiger partial charge in [0.15, 0.2) is 0 Å². The molecule has 0 radical (unpaired) electrons. The number of hydrogen-bond acceptors (Lipinski definition) is 4. The smallest absolute Gasteiger partial charge is 0.341 e. The first-order valence-electron chi connectivity index (χ1n) is 7.46. The molecule has 1 aliphatic heterocycles. The van der Waals surface area contributed by atoms with E-state index in [1.54, 1.807) is 0 Å². The van der Waals surface area contributed by atoms with Gasteiger partial charge < -0.3 is 5.32 Å². The summed E-state index contributed by atoms with van der Waals surface area (Å²) < 4.78 is 47.5. The molecule has 1 saturated heterocycles. The average molecular weight is 346 g/mol. The first-order chi connectivity index (χ1) is 10.8. The number of carbonyl (C=O) groups excluding carboxylic acids is 1. The van der Waals surface area contributed by atoms with Crippen LogP contribution in [0.2, 0.25) is 0 Å². The molecule has 0 aliphatic carbocycles. The number of halogens is 2. The minimum atomic E-state index is -4.63. The molecule has 0 spiro atoms. The number of sulfone groups is 1. The van der Waals surface area contributed by atoms with Crippen LogP contribution in [0.4, 0.5) is 8.78 Å². The van der Waals surface area contributed by atoms with Crippen LogP contribution in [0.5, 0.6) is 0 Å². The van der Waals surface area contributed by atoms with Crippen molar-refractivity contribution in [2.45, 2.75) is 36.5 Å². The van der Waals surface area contributed by atoms with Gasteiger partial charge in [-0.05, 0) is 57.1 Å². The standard InChI is InChI=1S/C15H20F2N2O3S/c1-11(19-8-2-3-9-19)10-18-14(20)12-4-6-13(7-5-12)23(21,22)15(16)17/h4-7,11,15H,2-3,8-10H2,1H3,(H,18,20). The van der Waals surface area contributed by atoms with Gasteiger partial charge in [0.1, 0.15) is 0 Å². The Morgan fingerprint density at radius 2 is 1.78 bits per heavy atom. The van der Waals surface area contributed by atoms with Crippen molar-refractivity contribution in [1.82, 2.24) is 10.2 Å². The molecule has 1 fully saturated rings. The molecule has 1 aromatic rings. The van der Waals surface area contributed by atoms with Gasteiger partial charge in [0.05, 0.1) is 4.90 Å². The van der Waals surface area contributed by atoms with Crippen molar-refractivity contribution >= 4 is 15.7 Å². The molecular formula is C15H20F2N2O3S. The molecule has 0 bridgehead atoms. The Morgan fingerprint density at radius 3 is 2.30 bits per heavy atom. The highest BCUT2D eigenvalue weighted by atomic mass is 32.2. The van der Waals surface area contributed by atoms with Gasteiger partial charge in [0, 0.05) is 18.2 Å². The number of rotatable bonds is 6. The molecule has 1 aliphatic rings. The summed E-state index contributed by atoms with van der Waals surface area (Å²) >= 11 is 0. The maximum Gasteiger partial charge on any atom is 0.341 e. The van der Waals surface area contributed by atoms with Gasteiger partial charge in [-0.1, -0.05) is 0 Å². The molecule has 0 aromatic heterocycles. The molecule has 23 heavy (non-hydrogen) atoms. The van der Waals surface area contributed by atoms with Crippen LogP contribution in [0.15, 0.2) is 29.2 Å². The van der Waals surface area contributed by atoms with Crippen molar-refractivity contribution in [2.24, 2.45) is 0 Å². The number of carbonyl (C=O) groups is 1. The summed E-state index contributed by atoms with van der Waals surface area (Å²) in [5.74, 6) is -3.82. The van der Waals surface area contributed by atoms with Gasteiger partial charge in [-0.25, -0.2) is 8.42 Å². The molecule has 128 valence electrons. The van der Waals surface area contributed by atoms with Gasteiger partial charge in [0.2, 0.25) is 9.84 Å². The third kappa shape index (κ3) is 4.26. The van der Waals surface area contributed by atoms with Crippen molar-refractivity contribution in [3.63, 3.8) is 0 Å². The Balaban J connectivity index is 1.95. The minimum Gasteiger partial charge on any atom is -0.350 e. The maximum atomic E-state index is 12.4. The highest BCUT2D eigenvalue weighted by Gasteiger charge is 2.26. The fourth-order valence-corrected chi connectivity index (χ4v) is 3.27. The Kier molecular flexibility index (Phi) is 5.69. The van der Waals surface area contributed by atoms with E-state index in [-0.39, 0.29) is 17.5 Å². The van der Waals surface area contributed by atoms with Crippen molar-refractivity contribution in [1.29, 1.82) is 0 Å². The third-order valence-corrected chi connectivity index (χ3v) is 5.40. The summed E-state index contributed by atoms with van der Waals surface area (Å²) in [6, 6.07) is 4.76. The number of benzene rings is 1. The van der Waals surface area contributed by atoms with Crippen LogP contribution in [-0.4, -0.2) is 50.7 Å². The van der Waals surface area contributed by atoms with Crippen LogP contribution in [0.3, 0.4) is 0 Å². The summed E-state index contributed by atoms with van der Waals surface area (Å²) in [5.41, 5.74) is 0.242. The quantitative estimate of drug-likeness (QED) is 0.854. The molecule has 1 aromatic carbocycles. The number of nitrogens with one attached hydrogen (secondary N) is 1. The molecule has 5 nitrogen and oxygen atoms in total. The molecule has 1 amide bonds. The third-order valence-electron chi connectivity index (χ3n) is 4.00. The van der Waals surface area contributed by atoms with Gasteiger partial charge in [-0.3, -0.25) is 9.69 Å². The molecular weight excluding hydrogens is 326 g/mol. The zero-order chi connectivity index (χ0) is 17.0. The first-order valence-corrected chi connectivity index (χ1v) is 9.01. The summed E-state index contributed by atoms with van der Waals surface area (Å²) in [6.45, 7) is 4.56. The molecule has 1 unspecified atom stereocenters. The van der Waals surface area contributed by atoms with Crippen molar-refractivity contribution in [3.05, 3.63) is 29.8 Å². The Morgan fingerprint density at radius 1 is 1.22 bits per heavy atom. The second-order valence-electron chi connectivity index (χ2n) is 5.63. The number of alkyl halides is 2. The number of likely N-dealkylation sites (tertiary alicyclic amines) is 1. The summed E-state index contributed by atoms with van der Waals surface area (Å²) in [6.07, 6.45) is 2.33. The SMILES string of the molecule is CC(CNC(=O)c1ccc(S(=O)(=O)C(F)F)cc1)N1CCCC1. The van der Waals surface area contributed by atoms with E-state index in [0.29, 0.717) is 6.54 Å². The lowest BCUT2D eigenvalue weighted by Crippen LogP contribution is -2.40. The van der Waals surface area contributed by atoms with Gasteiger partial charge in [-0.15, -0.1) is 0 Å². The maximum absolute atomic E-state index is 12.4. The molecule has 8 heteroatoms. The number of nitrogens with zero attached hydrogens (tertiary/aromatic N) is 1. The molecule has 1 heterocycles. The van der Waals surface area contributed by atoms with Crippen molar-refractivity contribution in [3.8, 4) is 0 Å². The Labute approximate surface area is 134 Å². The Hall–Kier alpha value is -1.54. The fourth-order valence-electron chi connectivity index (χ4n) is 2.55.